The van der Waals surface area contributed by atoms with Crippen LogP contribution in [-0.2, 0) is 6.42 Å². The number of hydrogen-bond acceptors (Lipinski definition) is 1. The lowest BCUT2D eigenvalue weighted by molar-refractivity contribution is 0.0946. The Morgan fingerprint density at radius 1 is 1.27 bits per heavy atom. The third-order valence-corrected chi connectivity index (χ3v) is 3.31. The molecule has 0 aromatic heterocycles. The van der Waals surface area contributed by atoms with Crippen molar-refractivity contribution in [2.75, 3.05) is 5.88 Å². The second-order valence-corrected chi connectivity index (χ2v) is 4.56. The van der Waals surface area contributed by atoms with Gasteiger partial charge in [-0.15, -0.1) is 11.6 Å². The average Bonchev–Trinajstić information content (AvgIpc) is 2.26. The lowest BCUT2D eigenvalue weighted by atomic mass is 9.81. The first-order chi connectivity index (χ1) is 7.31. The van der Waals surface area contributed by atoms with Gasteiger partial charge in [-0.3, -0.25) is 4.79 Å². The standard InChI is InChI=1S/C13H15ClO/c14-7-3-4-10-8-11-5-1-2-6-12(11)13(15)9-10/h1-2,5-6,10H,3-4,7-9H2. The third-order valence-electron chi connectivity index (χ3n) is 3.05. The fraction of sp³-hybridized carbons (Fsp3) is 0.462. The van der Waals surface area contributed by atoms with Crippen LogP contribution >= 0.6 is 11.6 Å². The maximum absolute atomic E-state index is 11.8. The van der Waals surface area contributed by atoms with Crippen LogP contribution in [0.3, 0.4) is 0 Å². The first kappa shape index (κ1) is 10.7. The van der Waals surface area contributed by atoms with Gasteiger partial charge in [0.05, 0.1) is 0 Å². The summed E-state index contributed by atoms with van der Waals surface area (Å²) < 4.78 is 0. The van der Waals surface area contributed by atoms with Gasteiger partial charge in [-0.1, -0.05) is 24.3 Å². The molecule has 2 heteroatoms. The Morgan fingerprint density at radius 3 is 2.87 bits per heavy atom. The molecule has 0 heterocycles. The Bertz CT molecular complexity index is 359. The Hall–Kier alpha value is -0.820. The van der Waals surface area contributed by atoms with E-state index in [1.54, 1.807) is 0 Å². The van der Waals surface area contributed by atoms with Crippen molar-refractivity contribution in [3.63, 3.8) is 0 Å². The SMILES string of the molecule is O=C1CC(CCCCl)Cc2ccccc21. The Labute approximate surface area is 95.4 Å². The number of ketones is 1. The summed E-state index contributed by atoms with van der Waals surface area (Å²) in [6.07, 6.45) is 3.83. The monoisotopic (exact) mass is 222 g/mol. The van der Waals surface area contributed by atoms with Gasteiger partial charge in [-0.2, -0.15) is 0 Å². The Balaban J connectivity index is 2.12. The summed E-state index contributed by atoms with van der Waals surface area (Å²) in [6, 6.07) is 7.96. The van der Waals surface area contributed by atoms with Crippen molar-refractivity contribution in [1.82, 2.24) is 0 Å². The molecule has 2 rings (SSSR count). The van der Waals surface area contributed by atoms with Gasteiger partial charge in [0.1, 0.15) is 0 Å². The molecule has 1 aromatic carbocycles. The highest BCUT2D eigenvalue weighted by molar-refractivity contribution is 6.17. The third kappa shape index (κ3) is 2.40. The summed E-state index contributed by atoms with van der Waals surface area (Å²) in [5.41, 5.74) is 2.15. The van der Waals surface area contributed by atoms with E-state index < -0.39 is 0 Å². The van der Waals surface area contributed by atoms with Crippen LogP contribution in [0.2, 0.25) is 0 Å². The smallest absolute Gasteiger partial charge is 0.163 e. The zero-order valence-electron chi connectivity index (χ0n) is 8.71. The molecular formula is C13H15ClO. The Kier molecular flexibility index (Phi) is 3.42. The van der Waals surface area contributed by atoms with Gasteiger partial charge >= 0.3 is 0 Å². The lowest BCUT2D eigenvalue weighted by Gasteiger charge is -2.23. The van der Waals surface area contributed by atoms with Crippen molar-refractivity contribution in [1.29, 1.82) is 0 Å². The number of hydrogen-bond donors (Lipinski definition) is 0. The summed E-state index contributed by atoms with van der Waals surface area (Å²) in [4.78, 5) is 11.8. The molecule has 1 aromatic rings. The van der Waals surface area contributed by atoms with Crippen molar-refractivity contribution in [2.24, 2.45) is 5.92 Å². The molecule has 0 radical (unpaired) electrons. The minimum Gasteiger partial charge on any atom is -0.294 e. The van der Waals surface area contributed by atoms with Crippen molar-refractivity contribution in [2.45, 2.75) is 25.7 Å². The quantitative estimate of drug-likeness (QED) is 0.716. The number of carbonyl (C=O) groups excluding carboxylic acids is 1. The average molecular weight is 223 g/mol. The number of alkyl halides is 1. The molecular weight excluding hydrogens is 208 g/mol. The molecule has 80 valence electrons. The van der Waals surface area contributed by atoms with E-state index in [1.807, 2.05) is 18.2 Å². The number of halogens is 1. The fourth-order valence-electron chi connectivity index (χ4n) is 2.30. The largest absolute Gasteiger partial charge is 0.294 e. The van der Waals surface area contributed by atoms with Crippen LogP contribution in [0, 0.1) is 5.92 Å². The zero-order valence-corrected chi connectivity index (χ0v) is 9.46. The maximum Gasteiger partial charge on any atom is 0.163 e. The fourth-order valence-corrected chi connectivity index (χ4v) is 2.45. The number of benzene rings is 1. The molecule has 0 saturated heterocycles. The van der Waals surface area contributed by atoms with Crippen molar-refractivity contribution in [3.8, 4) is 0 Å². The van der Waals surface area contributed by atoms with Crippen LogP contribution in [0.5, 0.6) is 0 Å². The predicted octanol–water partition coefficient (Wildman–Crippen LogP) is 3.45. The highest BCUT2D eigenvalue weighted by Crippen LogP contribution is 2.28. The van der Waals surface area contributed by atoms with Crippen molar-refractivity contribution >= 4 is 17.4 Å². The van der Waals surface area contributed by atoms with Crippen molar-refractivity contribution in [3.05, 3.63) is 35.4 Å². The summed E-state index contributed by atoms with van der Waals surface area (Å²) in [7, 11) is 0. The molecule has 0 saturated carbocycles. The molecule has 1 aliphatic rings. The lowest BCUT2D eigenvalue weighted by Crippen LogP contribution is -2.20. The first-order valence-corrected chi connectivity index (χ1v) is 6.02. The van der Waals surface area contributed by atoms with Gasteiger partial charge in [-0.05, 0) is 30.7 Å². The summed E-state index contributed by atoms with van der Waals surface area (Å²) in [6.45, 7) is 0. The first-order valence-electron chi connectivity index (χ1n) is 5.48. The summed E-state index contributed by atoms with van der Waals surface area (Å²) >= 11 is 5.67. The van der Waals surface area contributed by atoms with E-state index in [0.29, 0.717) is 24.0 Å². The van der Waals surface area contributed by atoms with Crippen LogP contribution in [0.4, 0.5) is 0 Å². The number of Topliss-reactive ketones (excluding diaryl/α,β-unsaturated/α-hetero) is 1. The van der Waals surface area contributed by atoms with Crippen LogP contribution in [0.1, 0.15) is 35.2 Å². The molecule has 0 N–H and O–H groups in total. The molecule has 0 aliphatic heterocycles. The maximum atomic E-state index is 11.8. The Morgan fingerprint density at radius 2 is 2.07 bits per heavy atom. The van der Waals surface area contributed by atoms with E-state index in [4.69, 9.17) is 11.6 Å². The minimum atomic E-state index is 0.302. The van der Waals surface area contributed by atoms with E-state index >= 15 is 0 Å². The molecule has 0 fully saturated rings. The molecule has 1 nitrogen and oxygen atoms in total. The van der Waals surface area contributed by atoms with Gasteiger partial charge in [0.15, 0.2) is 5.78 Å². The summed E-state index contributed by atoms with van der Waals surface area (Å²) in [5.74, 6) is 1.51. The van der Waals surface area contributed by atoms with Crippen LogP contribution in [-0.4, -0.2) is 11.7 Å². The minimum absolute atomic E-state index is 0.302. The molecule has 1 unspecified atom stereocenters. The van der Waals surface area contributed by atoms with E-state index in [2.05, 4.69) is 6.07 Å². The van der Waals surface area contributed by atoms with Gasteiger partial charge in [0.2, 0.25) is 0 Å². The summed E-state index contributed by atoms with van der Waals surface area (Å²) in [5, 5.41) is 0. The predicted molar refractivity (Wildman–Crippen MR) is 62.5 cm³/mol. The number of carbonyl (C=O) groups is 1. The molecule has 15 heavy (non-hydrogen) atoms. The van der Waals surface area contributed by atoms with Gasteiger partial charge in [-0.25, -0.2) is 0 Å². The van der Waals surface area contributed by atoms with Crippen LogP contribution < -0.4 is 0 Å². The van der Waals surface area contributed by atoms with Crippen LogP contribution in [0.15, 0.2) is 24.3 Å². The second kappa shape index (κ2) is 4.80. The van der Waals surface area contributed by atoms with E-state index in [9.17, 15) is 4.79 Å². The zero-order chi connectivity index (χ0) is 10.7. The molecule has 1 aliphatic carbocycles. The van der Waals surface area contributed by atoms with Gasteiger partial charge in [0.25, 0.3) is 0 Å². The second-order valence-electron chi connectivity index (χ2n) is 4.19. The highest BCUT2D eigenvalue weighted by Gasteiger charge is 2.23. The number of rotatable bonds is 3. The van der Waals surface area contributed by atoms with Crippen molar-refractivity contribution < 1.29 is 4.79 Å². The van der Waals surface area contributed by atoms with E-state index in [1.165, 1.54) is 5.56 Å². The highest BCUT2D eigenvalue weighted by atomic mass is 35.5. The molecule has 1 atom stereocenters. The molecule has 0 spiro atoms. The van der Waals surface area contributed by atoms with Gasteiger partial charge < -0.3 is 0 Å². The normalized spacial score (nSPS) is 20.1. The van der Waals surface area contributed by atoms with E-state index in [0.717, 1.165) is 24.8 Å². The van der Waals surface area contributed by atoms with Crippen LogP contribution in [0.25, 0.3) is 0 Å². The molecule has 0 bridgehead atoms. The molecule has 0 amide bonds. The number of fused-ring (bicyclic) bond motifs is 1. The van der Waals surface area contributed by atoms with E-state index in [-0.39, 0.29) is 0 Å². The topological polar surface area (TPSA) is 17.1 Å². The van der Waals surface area contributed by atoms with Gasteiger partial charge in [0, 0.05) is 17.9 Å².